The maximum Gasteiger partial charge on any atom is 0.316 e. The van der Waals surface area contributed by atoms with Gasteiger partial charge in [-0.05, 0) is 29.8 Å². The lowest BCUT2D eigenvalue weighted by atomic mass is 10.1. The standard InChI is InChI=1S/C18H17N5O2/c19-18(25)22-15-6-3-5-13(10-15)17(24)21-11-14-4-1-2-7-16(14)23-9-8-20-12-23/h1-10,12H,11H2,(H,21,24)(H3,19,22,25). The summed E-state index contributed by atoms with van der Waals surface area (Å²) in [6, 6.07) is 13.7. The summed E-state index contributed by atoms with van der Waals surface area (Å²) in [6.07, 6.45) is 5.26. The Labute approximate surface area is 144 Å². The minimum atomic E-state index is -0.674. The molecule has 1 aromatic heterocycles. The molecule has 0 radical (unpaired) electrons. The Morgan fingerprint density at radius 1 is 1.12 bits per heavy atom. The molecular weight excluding hydrogens is 318 g/mol. The number of amides is 3. The molecule has 0 aliphatic rings. The number of imidazole rings is 1. The first-order chi connectivity index (χ1) is 12.1. The van der Waals surface area contributed by atoms with Crippen LogP contribution in [0.2, 0.25) is 0 Å². The van der Waals surface area contributed by atoms with E-state index in [0.29, 0.717) is 17.8 Å². The van der Waals surface area contributed by atoms with E-state index < -0.39 is 6.03 Å². The van der Waals surface area contributed by atoms with Crippen LogP contribution in [0.15, 0.2) is 67.3 Å². The molecule has 0 bridgehead atoms. The van der Waals surface area contributed by atoms with Crippen molar-refractivity contribution in [1.82, 2.24) is 14.9 Å². The molecule has 7 nitrogen and oxygen atoms in total. The van der Waals surface area contributed by atoms with Crippen molar-refractivity contribution < 1.29 is 9.59 Å². The number of urea groups is 1. The fourth-order valence-electron chi connectivity index (χ4n) is 2.47. The molecule has 7 heteroatoms. The van der Waals surface area contributed by atoms with Crippen LogP contribution in [0.1, 0.15) is 15.9 Å². The molecule has 0 spiro atoms. The maximum atomic E-state index is 12.4. The van der Waals surface area contributed by atoms with Gasteiger partial charge in [-0.2, -0.15) is 0 Å². The van der Waals surface area contributed by atoms with E-state index in [-0.39, 0.29) is 5.91 Å². The zero-order chi connectivity index (χ0) is 17.6. The fourth-order valence-corrected chi connectivity index (χ4v) is 2.47. The van der Waals surface area contributed by atoms with Gasteiger partial charge in [-0.25, -0.2) is 9.78 Å². The van der Waals surface area contributed by atoms with Gasteiger partial charge in [0.1, 0.15) is 0 Å². The van der Waals surface area contributed by atoms with E-state index >= 15 is 0 Å². The molecule has 126 valence electrons. The molecule has 0 unspecified atom stereocenters. The first-order valence-corrected chi connectivity index (χ1v) is 7.64. The summed E-state index contributed by atoms with van der Waals surface area (Å²) in [7, 11) is 0. The topological polar surface area (TPSA) is 102 Å². The minimum Gasteiger partial charge on any atom is -0.351 e. The molecule has 3 aromatic rings. The lowest BCUT2D eigenvalue weighted by molar-refractivity contribution is 0.0951. The van der Waals surface area contributed by atoms with Gasteiger partial charge in [0.05, 0.1) is 12.0 Å². The van der Waals surface area contributed by atoms with E-state index in [4.69, 9.17) is 5.73 Å². The van der Waals surface area contributed by atoms with Gasteiger partial charge in [0.15, 0.2) is 0 Å². The van der Waals surface area contributed by atoms with E-state index in [2.05, 4.69) is 15.6 Å². The molecule has 1 heterocycles. The van der Waals surface area contributed by atoms with Gasteiger partial charge < -0.3 is 20.9 Å². The van der Waals surface area contributed by atoms with E-state index in [1.165, 1.54) is 0 Å². The molecule has 0 saturated heterocycles. The number of para-hydroxylation sites is 1. The summed E-state index contributed by atoms with van der Waals surface area (Å²) in [5.41, 5.74) is 7.91. The molecule has 0 aliphatic heterocycles. The second kappa shape index (κ2) is 7.31. The number of carbonyl (C=O) groups is 2. The second-order valence-corrected chi connectivity index (χ2v) is 5.35. The van der Waals surface area contributed by atoms with Gasteiger partial charge in [0.2, 0.25) is 0 Å². The third-order valence-corrected chi connectivity index (χ3v) is 3.61. The van der Waals surface area contributed by atoms with E-state index in [0.717, 1.165) is 11.3 Å². The summed E-state index contributed by atoms with van der Waals surface area (Å²) in [6.45, 7) is 0.362. The van der Waals surface area contributed by atoms with E-state index in [1.807, 2.05) is 35.0 Å². The molecular formula is C18H17N5O2. The number of anilines is 1. The van der Waals surface area contributed by atoms with Crippen molar-refractivity contribution in [1.29, 1.82) is 0 Å². The summed E-state index contributed by atoms with van der Waals surface area (Å²) >= 11 is 0. The molecule has 0 fully saturated rings. The predicted octanol–water partition coefficient (Wildman–Crippen LogP) is 2.29. The largest absolute Gasteiger partial charge is 0.351 e. The number of nitrogens with two attached hydrogens (primary N) is 1. The number of primary amides is 1. The Balaban J connectivity index is 1.72. The molecule has 3 rings (SSSR count). The zero-order valence-electron chi connectivity index (χ0n) is 13.3. The summed E-state index contributed by atoms with van der Waals surface area (Å²) in [5, 5.41) is 5.33. The number of nitrogens with zero attached hydrogens (tertiary/aromatic N) is 2. The van der Waals surface area contributed by atoms with Crippen LogP contribution in [0, 0.1) is 0 Å². The van der Waals surface area contributed by atoms with Crippen molar-refractivity contribution >= 4 is 17.6 Å². The average molecular weight is 335 g/mol. The van der Waals surface area contributed by atoms with E-state index in [9.17, 15) is 9.59 Å². The number of carbonyl (C=O) groups excluding carboxylic acids is 2. The Bertz CT molecular complexity index is 890. The van der Waals surface area contributed by atoms with E-state index in [1.54, 1.807) is 36.8 Å². The van der Waals surface area contributed by atoms with Crippen LogP contribution < -0.4 is 16.4 Å². The van der Waals surface area contributed by atoms with Crippen molar-refractivity contribution in [3.8, 4) is 5.69 Å². The van der Waals surface area contributed by atoms with Crippen LogP contribution >= 0.6 is 0 Å². The first kappa shape index (κ1) is 16.3. The summed E-state index contributed by atoms with van der Waals surface area (Å²) < 4.78 is 1.89. The Kier molecular flexibility index (Phi) is 4.75. The predicted molar refractivity (Wildman–Crippen MR) is 94.4 cm³/mol. The molecule has 0 aliphatic carbocycles. The first-order valence-electron chi connectivity index (χ1n) is 7.64. The maximum absolute atomic E-state index is 12.4. The number of aromatic nitrogens is 2. The Hall–Kier alpha value is -3.61. The fraction of sp³-hybridized carbons (Fsp3) is 0.0556. The third-order valence-electron chi connectivity index (χ3n) is 3.61. The van der Waals surface area contributed by atoms with Crippen molar-refractivity contribution in [2.24, 2.45) is 5.73 Å². The van der Waals surface area contributed by atoms with Crippen LogP contribution in [0.3, 0.4) is 0 Å². The zero-order valence-corrected chi connectivity index (χ0v) is 13.3. The Morgan fingerprint density at radius 2 is 1.96 bits per heavy atom. The molecule has 3 amide bonds. The van der Waals surface area contributed by atoms with Crippen molar-refractivity contribution in [2.75, 3.05) is 5.32 Å². The highest BCUT2D eigenvalue weighted by Crippen LogP contribution is 2.15. The highest BCUT2D eigenvalue weighted by molar-refractivity contribution is 5.96. The normalized spacial score (nSPS) is 10.2. The van der Waals surface area contributed by atoms with Gasteiger partial charge in [0.25, 0.3) is 5.91 Å². The van der Waals surface area contributed by atoms with Gasteiger partial charge in [-0.1, -0.05) is 24.3 Å². The average Bonchev–Trinajstić information content (AvgIpc) is 3.14. The second-order valence-electron chi connectivity index (χ2n) is 5.35. The van der Waals surface area contributed by atoms with Crippen molar-refractivity contribution in [3.05, 3.63) is 78.4 Å². The molecule has 25 heavy (non-hydrogen) atoms. The number of benzene rings is 2. The van der Waals surface area contributed by atoms with Crippen LogP contribution in [-0.4, -0.2) is 21.5 Å². The molecule has 4 N–H and O–H groups in total. The lowest BCUT2D eigenvalue weighted by Gasteiger charge is -2.11. The van der Waals surface area contributed by atoms with Gasteiger partial charge in [-0.3, -0.25) is 4.79 Å². The van der Waals surface area contributed by atoms with Crippen molar-refractivity contribution in [2.45, 2.75) is 6.54 Å². The summed E-state index contributed by atoms with van der Waals surface area (Å²) in [4.78, 5) is 27.3. The van der Waals surface area contributed by atoms with Crippen LogP contribution in [-0.2, 0) is 6.54 Å². The number of hydrogen-bond acceptors (Lipinski definition) is 3. The SMILES string of the molecule is NC(=O)Nc1cccc(C(=O)NCc2ccccc2-n2ccnc2)c1. The number of rotatable bonds is 5. The number of nitrogens with one attached hydrogen (secondary N) is 2. The Morgan fingerprint density at radius 3 is 2.72 bits per heavy atom. The molecule has 0 saturated carbocycles. The highest BCUT2D eigenvalue weighted by Gasteiger charge is 2.09. The summed E-state index contributed by atoms with van der Waals surface area (Å²) in [5.74, 6) is -0.242. The quantitative estimate of drug-likeness (QED) is 0.666. The third kappa shape index (κ3) is 4.03. The number of hydrogen-bond donors (Lipinski definition) is 3. The smallest absolute Gasteiger partial charge is 0.316 e. The minimum absolute atomic E-state index is 0.242. The monoisotopic (exact) mass is 335 g/mol. The van der Waals surface area contributed by atoms with Crippen LogP contribution in [0.5, 0.6) is 0 Å². The van der Waals surface area contributed by atoms with Gasteiger partial charge in [-0.15, -0.1) is 0 Å². The highest BCUT2D eigenvalue weighted by atomic mass is 16.2. The van der Waals surface area contributed by atoms with Crippen molar-refractivity contribution in [3.63, 3.8) is 0 Å². The molecule has 0 atom stereocenters. The van der Waals surface area contributed by atoms with Gasteiger partial charge >= 0.3 is 6.03 Å². The van der Waals surface area contributed by atoms with Crippen LogP contribution in [0.25, 0.3) is 5.69 Å². The molecule has 2 aromatic carbocycles. The van der Waals surface area contributed by atoms with Crippen LogP contribution in [0.4, 0.5) is 10.5 Å². The lowest BCUT2D eigenvalue weighted by Crippen LogP contribution is -2.24. The van der Waals surface area contributed by atoms with Gasteiger partial charge in [0, 0.05) is 30.2 Å².